The summed E-state index contributed by atoms with van der Waals surface area (Å²) in [7, 11) is 0. The van der Waals surface area contributed by atoms with Crippen LogP contribution in [0, 0.1) is 5.82 Å². The monoisotopic (exact) mass is 286 g/mol. The number of carbonyl (C=O) groups is 1. The molecule has 0 unspecified atom stereocenters. The number of nitrogens with one attached hydrogen (secondary N) is 1. The van der Waals surface area contributed by atoms with Crippen LogP contribution >= 0.6 is 11.6 Å². The van der Waals surface area contributed by atoms with E-state index in [1.54, 1.807) is 0 Å². The lowest BCUT2D eigenvalue weighted by Crippen LogP contribution is -2.36. The topological polar surface area (TPSA) is 52.6 Å². The molecule has 0 bridgehead atoms. The van der Waals surface area contributed by atoms with E-state index in [4.69, 9.17) is 16.7 Å². The van der Waals surface area contributed by atoms with Crippen molar-refractivity contribution in [3.63, 3.8) is 0 Å². The number of hydrogen-bond donors (Lipinski definition) is 2. The molecule has 1 aromatic rings. The number of aliphatic hydroxyl groups excluding tert-OH is 1. The molecule has 1 amide bonds. The van der Waals surface area contributed by atoms with Gasteiger partial charge in [0.25, 0.3) is 0 Å². The largest absolute Gasteiger partial charge is 0.395 e. The third-order valence-corrected chi connectivity index (χ3v) is 3.29. The van der Waals surface area contributed by atoms with Crippen LogP contribution in [-0.4, -0.2) is 41.7 Å². The number of hydrogen-bond acceptors (Lipinski definition) is 3. The number of amides is 1. The van der Waals surface area contributed by atoms with Crippen molar-refractivity contribution in [2.75, 3.05) is 25.0 Å². The maximum atomic E-state index is 13.0. The fraction of sp³-hybridized carbons (Fsp3) is 0.462. The third-order valence-electron chi connectivity index (χ3n) is 3.00. The number of aliphatic hydroxyl groups is 1. The summed E-state index contributed by atoms with van der Waals surface area (Å²) < 4.78 is 13.0. The lowest BCUT2D eigenvalue weighted by molar-refractivity contribution is -0.117. The first-order valence-corrected chi connectivity index (χ1v) is 6.58. The molecule has 104 valence electrons. The van der Waals surface area contributed by atoms with Gasteiger partial charge in [0.15, 0.2) is 0 Å². The minimum atomic E-state index is -0.514. The van der Waals surface area contributed by atoms with E-state index in [0.29, 0.717) is 18.3 Å². The molecule has 0 radical (unpaired) electrons. The highest BCUT2D eigenvalue weighted by molar-refractivity contribution is 6.31. The molecule has 6 heteroatoms. The molecule has 4 nitrogen and oxygen atoms in total. The van der Waals surface area contributed by atoms with Crippen molar-refractivity contribution in [1.82, 2.24) is 4.90 Å². The van der Waals surface area contributed by atoms with Gasteiger partial charge in [0.2, 0.25) is 5.91 Å². The minimum Gasteiger partial charge on any atom is -0.395 e. The van der Waals surface area contributed by atoms with Crippen LogP contribution in [0.15, 0.2) is 18.2 Å². The van der Waals surface area contributed by atoms with Crippen LogP contribution in [0.1, 0.15) is 12.8 Å². The maximum absolute atomic E-state index is 13.0. The van der Waals surface area contributed by atoms with Crippen molar-refractivity contribution in [2.45, 2.75) is 18.9 Å². The van der Waals surface area contributed by atoms with Gasteiger partial charge in [0.05, 0.1) is 18.2 Å². The van der Waals surface area contributed by atoms with Gasteiger partial charge < -0.3 is 10.4 Å². The molecule has 1 aliphatic rings. The maximum Gasteiger partial charge on any atom is 0.238 e. The molecule has 0 spiro atoms. The van der Waals surface area contributed by atoms with Gasteiger partial charge in [-0.3, -0.25) is 9.69 Å². The summed E-state index contributed by atoms with van der Waals surface area (Å²) in [6.45, 7) is 0.745. The zero-order chi connectivity index (χ0) is 13.8. The Labute approximate surface area is 116 Å². The fourth-order valence-corrected chi connectivity index (χ4v) is 2.10. The van der Waals surface area contributed by atoms with Crippen LogP contribution in [0.3, 0.4) is 0 Å². The van der Waals surface area contributed by atoms with Gasteiger partial charge in [-0.05, 0) is 31.0 Å². The van der Waals surface area contributed by atoms with Crippen LogP contribution in [0.2, 0.25) is 5.02 Å². The number of halogens is 2. The fourth-order valence-electron chi connectivity index (χ4n) is 1.92. The molecule has 0 aromatic heterocycles. The second-order valence-electron chi connectivity index (χ2n) is 4.60. The quantitative estimate of drug-likeness (QED) is 0.839. The van der Waals surface area contributed by atoms with Crippen molar-refractivity contribution >= 4 is 23.2 Å². The Bertz CT molecular complexity index is 466. The Hall–Kier alpha value is -1.17. The molecule has 0 aliphatic heterocycles. The lowest BCUT2D eigenvalue weighted by atomic mass is 10.3. The molecule has 1 aliphatic carbocycles. The van der Waals surface area contributed by atoms with Crippen LogP contribution < -0.4 is 5.32 Å². The van der Waals surface area contributed by atoms with Crippen LogP contribution in [0.4, 0.5) is 10.1 Å². The molecule has 0 heterocycles. The second kappa shape index (κ2) is 6.32. The first-order chi connectivity index (χ1) is 9.10. The lowest BCUT2D eigenvalue weighted by Gasteiger charge is -2.20. The number of carbonyl (C=O) groups excluding carboxylic acids is 1. The standard InChI is InChI=1S/C13H16ClFN2O2/c14-11-7-9(1-4-12(11)15)16-13(19)8-17(5-6-18)10-2-3-10/h1,4,7,10,18H,2-3,5-6,8H2,(H,16,19). The second-order valence-corrected chi connectivity index (χ2v) is 5.01. The summed E-state index contributed by atoms with van der Waals surface area (Å²) in [4.78, 5) is 13.8. The van der Waals surface area contributed by atoms with Gasteiger partial charge in [0, 0.05) is 18.3 Å². The first-order valence-electron chi connectivity index (χ1n) is 6.20. The van der Waals surface area contributed by atoms with Gasteiger partial charge in [-0.25, -0.2) is 4.39 Å². The van der Waals surface area contributed by atoms with E-state index < -0.39 is 5.82 Å². The van der Waals surface area contributed by atoms with E-state index in [1.807, 2.05) is 4.90 Å². The third kappa shape index (κ3) is 4.16. The van der Waals surface area contributed by atoms with Crippen LogP contribution in [0.5, 0.6) is 0 Å². The smallest absolute Gasteiger partial charge is 0.238 e. The zero-order valence-electron chi connectivity index (χ0n) is 10.4. The highest BCUT2D eigenvalue weighted by Gasteiger charge is 2.29. The van der Waals surface area contributed by atoms with Gasteiger partial charge in [-0.2, -0.15) is 0 Å². The Balaban J connectivity index is 1.90. The summed E-state index contributed by atoms with van der Waals surface area (Å²) in [5.41, 5.74) is 0.469. The predicted molar refractivity (Wildman–Crippen MR) is 71.7 cm³/mol. The number of rotatable bonds is 6. The van der Waals surface area contributed by atoms with E-state index in [9.17, 15) is 9.18 Å². The molecular formula is C13H16ClFN2O2. The van der Waals surface area contributed by atoms with E-state index in [2.05, 4.69) is 5.32 Å². The molecule has 1 saturated carbocycles. The van der Waals surface area contributed by atoms with E-state index in [1.165, 1.54) is 18.2 Å². The van der Waals surface area contributed by atoms with E-state index >= 15 is 0 Å². The number of benzene rings is 1. The van der Waals surface area contributed by atoms with E-state index in [0.717, 1.165) is 12.8 Å². The highest BCUT2D eigenvalue weighted by atomic mass is 35.5. The average Bonchev–Trinajstić information content (AvgIpc) is 3.17. The molecule has 0 atom stereocenters. The predicted octanol–water partition coefficient (Wildman–Crippen LogP) is 1.87. The van der Waals surface area contributed by atoms with E-state index in [-0.39, 0.29) is 24.1 Å². The first kappa shape index (κ1) is 14.2. The van der Waals surface area contributed by atoms with Gasteiger partial charge >= 0.3 is 0 Å². The Morgan fingerprint density at radius 3 is 2.84 bits per heavy atom. The van der Waals surface area contributed by atoms with Crippen molar-refractivity contribution in [2.24, 2.45) is 0 Å². The summed E-state index contributed by atoms with van der Waals surface area (Å²) in [5.74, 6) is -0.706. The summed E-state index contributed by atoms with van der Waals surface area (Å²) in [5, 5.41) is 11.6. The molecular weight excluding hydrogens is 271 g/mol. The molecule has 2 N–H and O–H groups in total. The average molecular weight is 287 g/mol. The van der Waals surface area contributed by atoms with Gasteiger partial charge in [-0.15, -0.1) is 0 Å². The van der Waals surface area contributed by atoms with Crippen LogP contribution in [-0.2, 0) is 4.79 Å². The van der Waals surface area contributed by atoms with Crippen molar-refractivity contribution in [1.29, 1.82) is 0 Å². The minimum absolute atomic E-state index is 0.0211. The highest BCUT2D eigenvalue weighted by Crippen LogP contribution is 2.26. The summed E-state index contributed by atoms with van der Waals surface area (Å²) in [6.07, 6.45) is 2.13. The van der Waals surface area contributed by atoms with Crippen molar-refractivity contribution in [3.8, 4) is 0 Å². The van der Waals surface area contributed by atoms with Gasteiger partial charge in [0.1, 0.15) is 5.82 Å². The van der Waals surface area contributed by atoms with Crippen molar-refractivity contribution < 1.29 is 14.3 Å². The Morgan fingerprint density at radius 1 is 1.53 bits per heavy atom. The summed E-state index contributed by atoms with van der Waals surface area (Å²) in [6, 6.07) is 4.45. The van der Waals surface area contributed by atoms with Crippen molar-refractivity contribution in [3.05, 3.63) is 29.0 Å². The Morgan fingerprint density at radius 2 is 2.26 bits per heavy atom. The molecule has 19 heavy (non-hydrogen) atoms. The Kier molecular flexibility index (Phi) is 4.74. The number of nitrogens with zero attached hydrogens (tertiary/aromatic N) is 1. The number of anilines is 1. The normalized spacial score (nSPS) is 14.7. The molecule has 0 saturated heterocycles. The summed E-state index contributed by atoms with van der Waals surface area (Å²) >= 11 is 5.64. The zero-order valence-corrected chi connectivity index (χ0v) is 11.2. The molecule has 2 rings (SSSR count). The molecule has 1 aromatic carbocycles. The molecule has 1 fully saturated rings. The van der Waals surface area contributed by atoms with Crippen LogP contribution in [0.25, 0.3) is 0 Å². The van der Waals surface area contributed by atoms with Gasteiger partial charge in [-0.1, -0.05) is 11.6 Å². The SMILES string of the molecule is O=C(CN(CCO)C1CC1)Nc1ccc(F)c(Cl)c1.